The second-order valence-electron chi connectivity index (χ2n) is 5.12. The molecule has 0 atom stereocenters. The topological polar surface area (TPSA) is 0 Å². The molecule has 3 aromatic rings. The summed E-state index contributed by atoms with van der Waals surface area (Å²) >= 11 is 4.13. The Hall–Kier alpha value is -2.34. The lowest BCUT2D eigenvalue weighted by Crippen LogP contribution is -1.96. The molecule has 0 fully saturated rings. The Morgan fingerprint density at radius 2 is 1.00 bits per heavy atom. The first-order valence-electron chi connectivity index (χ1n) is 6.80. The maximum Gasteiger partial charge on any atom is 0.194 e. The van der Waals surface area contributed by atoms with Crippen molar-refractivity contribution in [1.82, 2.24) is 0 Å². The molecular weight excluding hydrogens is 343 g/mol. The summed E-state index contributed by atoms with van der Waals surface area (Å²) in [6.45, 7) is 0. The first-order valence-corrected chi connectivity index (χ1v) is 7.25. The summed E-state index contributed by atoms with van der Waals surface area (Å²) in [6, 6.07) is 9.78. The Balaban J connectivity index is 2.13. The molecule has 0 heterocycles. The highest BCUT2D eigenvalue weighted by Crippen LogP contribution is 2.32. The van der Waals surface area contributed by atoms with Crippen LogP contribution in [0.15, 0.2) is 53.4 Å². The fraction of sp³-hybridized carbons (Fsp3) is 0. The van der Waals surface area contributed by atoms with Gasteiger partial charge in [-0.25, -0.2) is 22.0 Å². The summed E-state index contributed by atoms with van der Waals surface area (Å²) in [5.41, 5.74) is -0.236. The molecule has 0 bridgehead atoms. The molecule has 3 aromatic carbocycles. The summed E-state index contributed by atoms with van der Waals surface area (Å²) in [4.78, 5) is 0.688. The molecule has 0 spiro atoms. The van der Waals surface area contributed by atoms with Gasteiger partial charge < -0.3 is 0 Å². The van der Waals surface area contributed by atoms with Crippen molar-refractivity contribution in [2.24, 2.45) is 0 Å². The van der Waals surface area contributed by atoms with Gasteiger partial charge in [0.05, 0.1) is 5.56 Å². The summed E-state index contributed by atoms with van der Waals surface area (Å²) in [5.74, 6) is -6.74. The molecule has 0 aromatic heterocycles. The highest BCUT2D eigenvalue weighted by molar-refractivity contribution is 7.80. The summed E-state index contributed by atoms with van der Waals surface area (Å²) in [7, 11) is 0. The highest BCUT2D eigenvalue weighted by Gasteiger charge is 2.18. The van der Waals surface area contributed by atoms with Crippen LogP contribution in [0, 0.1) is 29.1 Å². The van der Waals surface area contributed by atoms with Gasteiger partial charge in [0.15, 0.2) is 17.5 Å². The molecular formula is C18H9F5S. The largest absolute Gasteiger partial charge is 0.206 e. The first-order chi connectivity index (χ1) is 11.4. The molecule has 24 heavy (non-hydrogen) atoms. The van der Waals surface area contributed by atoms with Crippen LogP contribution in [0.1, 0.15) is 0 Å². The van der Waals surface area contributed by atoms with E-state index in [9.17, 15) is 22.0 Å². The third-order valence-electron chi connectivity index (χ3n) is 3.52. The lowest BCUT2D eigenvalue weighted by atomic mass is 9.98. The zero-order valence-corrected chi connectivity index (χ0v) is 12.9. The smallest absolute Gasteiger partial charge is 0.194 e. The number of halogens is 5. The standard InChI is InChI=1S/C18H9F5S/c19-13-5-10(9-1-3-12(24)4-2-9)6-14(20)17(13)11-7-15(21)18(23)16(22)8-11/h1-8,24H. The zero-order valence-electron chi connectivity index (χ0n) is 12.0. The number of hydrogen-bond donors (Lipinski definition) is 1. The van der Waals surface area contributed by atoms with E-state index in [4.69, 9.17) is 0 Å². The average Bonchev–Trinajstić information content (AvgIpc) is 2.52. The summed E-state index contributed by atoms with van der Waals surface area (Å²) in [5, 5.41) is 0. The lowest BCUT2D eigenvalue weighted by molar-refractivity contribution is 0.447. The summed E-state index contributed by atoms with van der Waals surface area (Å²) < 4.78 is 68.3. The Morgan fingerprint density at radius 3 is 1.50 bits per heavy atom. The van der Waals surface area contributed by atoms with Crippen LogP contribution in [-0.2, 0) is 0 Å². The van der Waals surface area contributed by atoms with E-state index in [-0.39, 0.29) is 5.56 Å². The van der Waals surface area contributed by atoms with Gasteiger partial charge >= 0.3 is 0 Å². The molecule has 0 aliphatic rings. The van der Waals surface area contributed by atoms with E-state index in [1.165, 1.54) is 0 Å². The number of hydrogen-bond acceptors (Lipinski definition) is 1. The van der Waals surface area contributed by atoms with Crippen molar-refractivity contribution in [3.63, 3.8) is 0 Å². The van der Waals surface area contributed by atoms with E-state index < -0.39 is 40.2 Å². The Kier molecular flexibility index (Phi) is 4.32. The molecule has 0 aliphatic carbocycles. The van der Waals surface area contributed by atoms with Crippen LogP contribution >= 0.6 is 12.6 Å². The van der Waals surface area contributed by atoms with Crippen molar-refractivity contribution >= 4 is 12.6 Å². The van der Waals surface area contributed by atoms with Gasteiger partial charge in [-0.3, -0.25) is 0 Å². The van der Waals surface area contributed by atoms with E-state index >= 15 is 0 Å². The molecule has 0 saturated carbocycles. The van der Waals surface area contributed by atoms with E-state index in [1.54, 1.807) is 24.3 Å². The molecule has 0 N–H and O–H groups in total. The number of thiol groups is 1. The van der Waals surface area contributed by atoms with E-state index in [1.807, 2.05) is 0 Å². The molecule has 3 rings (SSSR count). The molecule has 0 saturated heterocycles. The first kappa shape index (κ1) is 16.5. The third-order valence-corrected chi connectivity index (χ3v) is 3.81. The lowest BCUT2D eigenvalue weighted by Gasteiger charge is -2.10. The molecule has 0 unspecified atom stereocenters. The third kappa shape index (κ3) is 3.01. The van der Waals surface area contributed by atoms with Gasteiger partial charge in [0.1, 0.15) is 11.6 Å². The fourth-order valence-corrected chi connectivity index (χ4v) is 2.52. The van der Waals surface area contributed by atoms with Crippen molar-refractivity contribution in [2.45, 2.75) is 4.90 Å². The molecule has 6 heteroatoms. The molecule has 0 radical (unpaired) electrons. The molecule has 0 aliphatic heterocycles. The highest BCUT2D eigenvalue weighted by atomic mass is 32.1. The minimum absolute atomic E-state index is 0.255. The van der Waals surface area contributed by atoms with Crippen molar-refractivity contribution in [3.05, 3.63) is 77.6 Å². The van der Waals surface area contributed by atoms with E-state index in [2.05, 4.69) is 12.6 Å². The van der Waals surface area contributed by atoms with Crippen LogP contribution in [0.5, 0.6) is 0 Å². The number of rotatable bonds is 2. The average molecular weight is 352 g/mol. The van der Waals surface area contributed by atoms with Crippen LogP contribution in [0.3, 0.4) is 0 Å². The van der Waals surface area contributed by atoms with E-state index in [0.717, 1.165) is 12.1 Å². The van der Waals surface area contributed by atoms with Gasteiger partial charge in [0.2, 0.25) is 0 Å². The predicted molar refractivity (Wildman–Crippen MR) is 84.4 cm³/mol. The van der Waals surface area contributed by atoms with Crippen molar-refractivity contribution in [2.75, 3.05) is 0 Å². The van der Waals surface area contributed by atoms with Crippen molar-refractivity contribution < 1.29 is 22.0 Å². The fourth-order valence-electron chi connectivity index (χ4n) is 2.37. The second-order valence-corrected chi connectivity index (χ2v) is 5.63. The van der Waals surface area contributed by atoms with Crippen LogP contribution in [-0.4, -0.2) is 0 Å². The Labute approximate surface area is 140 Å². The maximum atomic E-state index is 14.3. The van der Waals surface area contributed by atoms with Gasteiger partial charge in [-0.15, -0.1) is 12.6 Å². The van der Waals surface area contributed by atoms with Gasteiger partial charge in [0.25, 0.3) is 0 Å². The minimum atomic E-state index is -1.69. The quantitative estimate of drug-likeness (QED) is 0.326. The normalized spacial score (nSPS) is 10.9. The van der Waals surface area contributed by atoms with E-state index in [0.29, 0.717) is 22.6 Å². The Bertz CT molecular complexity index is 873. The van der Waals surface area contributed by atoms with Crippen LogP contribution in [0.25, 0.3) is 22.3 Å². The van der Waals surface area contributed by atoms with Crippen LogP contribution in [0.4, 0.5) is 22.0 Å². The second kappa shape index (κ2) is 6.28. The van der Waals surface area contributed by atoms with Crippen molar-refractivity contribution in [1.29, 1.82) is 0 Å². The minimum Gasteiger partial charge on any atom is -0.206 e. The summed E-state index contributed by atoms with van der Waals surface area (Å²) in [6.07, 6.45) is 0. The van der Waals surface area contributed by atoms with Gasteiger partial charge in [-0.1, -0.05) is 12.1 Å². The van der Waals surface area contributed by atoms with Crippen molar-refractivity contribution in [3.8, 4) is 22.3 Å². The molecule has 0 amide bonds. The maximum absolute atomic E-state index is 14.3. The molecule has 0 nitrogen and oxygen atoms in total. The predicted octanol–water partition coefficient (Wildman–Crippen LogP) is 6.00. The number of benzene rings is 3. The van der Waals surface area contributed by atoms with Gasteiger partial charge in [0, 0.05) is 4.90 Å². The zero-order chi connectivity index (χ0) is 17.4. The van der Waals surface area contributed by atoms with Crippen LogP contribution < -0.4 is 0 Å². The van der Waals surface area contributed by atoms with Gasteiger partial charge in [-0.2, -0.15) is 0 Å². The monoisotopic (exact) mass is 352 g/mol. The van der Waals surface area contributed by atoms with Crippen LogP contribution in [0.2, 0.25) is 0 Å². The SMILES string of the molecule is Fc1cc(-c2c(F)cc(-c3ccc(S)cc3)cc2F)cc(F)c1F. The Morgan fingerprint density at radius 1 is 0.542 bits per heavy atom. The molecule has 122 valence electrons. The van der Waals surface area contributed by atoms with Gasteiger partial charge in [-0.05, 0) is 53.1 Å².